The Bertz CT molecular complexity index is 513. The number of pyridine rings is 1. The van der Waals surface area contributed by atoms with Crippen LogP contribution in [0.15, 0.2) is 36.0 Å². The second kappa shape index (κ2) is 4.92. The van der Waals surface area contributed by atoms with Crippen molar-refractivity contribution >= 4 is 22.7 Å². The Balaban J connectivity index is 2.21. The van der Waals surface area contributed by atoms with Crippen LogP contribution >= 0.6 is 11.3 Å². The van der Waals surface area contributed by atoms with Crippen LogP contribution in [0.25, 0.3) is 0 Å². The van der Waals surface area contributed by atoms with Gasteiger partial charge in [-0.25, -0.2) is 0 Å². The van der Waals surface area contributed by atoms with E-state index in [1.807, 2.05) is 24.4 Å². The molecular formula is C11H11N3O2S. The lowest BCUT2D eigenvalue weighted by Crippen LogP contribution is -2.07. The van der Waals surface area contributed by atoms with E-state index in [4.69, 9.17) is 0 Å². The zero-order valence-electron chi connectivity index (χ0n) is 9.16. The summed E-state index contributed by atoms with van der Waals surface area (Å²) >= 11 is 1.62. The highest BCUT2D eigenvalue weighted by molar-refractivity contribution is 7.10. The molecule has 0 amide bonds. The Morgan fingerprint density at radius 3 is 3.00 bits per heavy atom. The highest BCUT2D eigenvalue weighted by Gasteiger charge is 2.15. The van der Waals surface area contributed by atoms with Crippen molar-refractivity contribution in [3.8, 4) is 0 Å². The molecule has 0 bridgehead atoms. The highest BCUT2D eigenvalue weighted by Crippen LogP contribution is 2.28. The summed E-state index contributed by atoms with van der Waals surface area (Å²) < 4.78 is 0. The molecule has 0 fully saturated rings. The van der Waals surface area contributed by atoms with E-state index in [-0.39, 0.29) is 11.7 Å². The molecule has 0 aromatic carbocycles. The SMILES string of the molecule is CC(Nc1ccncc1[N+](=O)[O-])c1cccs1. The molecule has 88 valence electrons. The molecule has 0 spiro atoms. The number of rotatable bonds is 4. The summed E-state index contributed by atoms with van der Waals surface area (Å²) in [6.45, 7) is 1.97. The molecule has 2 rings (SSSR count). The number of nitro groups is 1. The number of hydrogen-bond donors (Lipinski definition) is 1. The predicted octanol–water partition coefficient (Wildman–Crippen LogP) is 3.22. The summed E-state index contributed by atoms with van der Waals surface area (Å²) in [6, 6.07) is 5.60. The minimum Gasteiger partial charge on any atom is -0.372 e. The summed E-state index contributed by atoms with van der Waals surface area (Å²) in [5.74, 6) is 0. The number of thiophene rings is 1. The average Bonchev–Trinajstić information content (AvgIpc) is 2.83. The maximum atomic E-state index is 10.8. The van der Waals surface area contributed by atoms with Crippen LogP contribution in [0, 0.1) is 10.1 Å². The van der Waals surface area contributed by atoms with E-state index in [1.54, 1.807) is 17.4 Å². The normalized spacial score (nSPS) is 12.1. The maximum absolute atomic E-state index is 10.8. The van der Waals surface area contributed by atoms with Gasteiger partial charge in [0.05, 0.1) is 11.0 Å². The molecule has 0 saturated carbocycles. The van der Waals surface area contributed by atoms with Gasteiger partial charge in [-0.1, -0.05) is 6.07 Å². The van der Waals surface area contributed by atoms with E-state index in [9.17, 15) is 10.1 Å². The van der Waals surface area contributed by atoms with Crippen molar-refractivity contribution in [2.45, 2.75) is 13.0 Å². The van der Waals surface area contributed by atoms with Gasteiger partial charge >= 0.3 is 5.69 Å². The van der Waals surface area contributed by atoms with Crippen LogP contribution in [-0.2, 0) is 0 Å². The molecule has 17 heavy (non-hydrogen) atoms. The first kappa shape index (κ1) is 11.5. The van der Waals surface area contributed by atoms with Crippen LogP contribution in [-0.4, -0.2) is 9.91 Å². The minimum absolute atomic E-state index is 0.00379. The number of nitrogens with zero attached hydrogens (tertiary/aromatic N) is 2. The number of anilines is 1. The summed E-state index contributed by atoms with van der Waals surface area (Å²) in [5, 5.41) is 15.9. The predicted molar refractivity (Wildman–Crippen MR) is 67.2 cm³/mol. The number of aromatic nitrogens is 1. The molecule has 6 heteroatoms. The van der Waals surface area contributed by atoms with Crippen LogP contribution in [0.3, 0.4) is 0 Å². The lowest BCUT2D eigenvalue weighted by atomic mass is 10.2. The molecule has 1 unspecified atom stereocenters. The Kier molecular flexibility index (Phi) is 3.34. The van der Waals surface area contributed by atoms with Crippen molar-refractivity contribution in [1.29, 1.82) is 0 Å². The van der Waals surface area contributed by atoms with Gasteiger partial charge in [0.2, 0.25) is 0 Å². The Morgan fingerprint density at radius 1 is 1.53 bits per heavy atom. The van der Waals surface area contributed by atoms with E-state index in [0.29, 0.717) is 5.69 Å². The van der Waals surface area contributed by atoms with Crippen molar-refractivity contribution in [2.75, 3.05) is 5.32 Å². The fourth-order valence-electron chi connectivity index (χ4n) is 1.50. The summed E-state index contributed by atoms with van der Waals surface area (Å²) in [7, 11) is 0. The lowest BCUT2D eigenvalue weighted by Gasteiger charge is -2.13. The van der Waals surface area contributed by atoms with Gasteiger partial charge in [0.1, 0.15) is 11.9 Å². The largest absolute Gasteiger partial charge is 0.372 e. The standard InChI is InChI=1S/C11H11N3O2S/c1-8(11-3-2-6-17-11)13-9-4-5-12-7-10(9)14(15)16/h2-8H,1H3,(H,12,13). The smallest absolute Gasteiger partial charge is 0.310 e. The lowest BCUT2D eigenvalue weighted by molar-refractivity contribution is -0.384. The number of hydrogen-bond acceptors (Lipinski definition) is 5. The Hall–Kier alpha value is -1.95. The van der Waals surface area contributed by atoms with Crippen molar-refractivity contribution < 1.29 is 4.92 Å². The maximum Gasteiger partial charge on any atom is 0.310 e. The molecule has 1 N–H and O–H groups in total. The fraction of sp³-hybridized carbons (Fsp3) is 0.182. The molecule has 1 atom stereocenters. The third-order valence-corrected chi connectivity index (χ3v) is 3.39. The number of nitrogens with one attached hydrogen (secondary N) is 1. The van der Waals surface area contributed by atoms with Crippen molar-refractivity contribution in [3.05, 3.63) is 51.0 Å². The van der Waals surface area contributed by atoms with Crippen LogP contribution in [0.2, 0.25) is 0 Å². The van der Waals surface area contributed by atoms with E-state index in [1.165, 1.54) is 12.4 Å². The van der Waals surface area contributed by atoms with Gasteiger partial charge in [-0.15, -0.1) is 11.3 Å². The third kappa shape index (κ3) is 2.59. The first-order valence-corrected chi connectivity index (χ1v) is 5.95. The van der Waals surface area contributed by atoms with Crippen LogP contribution in [0.4, 0.5) is 11.4 Å². The van der Waals surface area contributed by atoms with E-state index in [2.05, 4.69) is 10.3 Å². The molecule has 0 aliphatic carbocycles. The summed E-state index contributed by atoms with van der Waals surface area (Å²) in [5.41, 5.74) is 0.488. The molecule has 5 nitrogen and oxygen atoms in total. The Labute approximate surface area is 102 Å². The van der Waals surface area contributed by atoms with Gasteiger partial charge in [-0.2, -0.15) is 0 Å². The molecular weight excluding hydrogens is 238 g/mol. The summed E-state index contributed by atoms with van der Waals surface area (Å²) in [4.78, 5) is 15.3. The Morgan fingerprint density at radius 2 is 2.35 bits per heavy atom. The first-order chi connectivity index (χ1) is 8.18. The topological polar surface area (TPSA) is 68.1 Å². The third-order valence-electron chi connectivity index (χ3n) is 2.34. The van der Waals surface area contributed by atoms with Crippen LogP contribution in [0.1, 0.15) is 17.8 Å². The van der Waals surface area contributed by atoms with Crippen molar-refractivity contribution in [2.24, 2.45) is 0 Å². The zero-order valence-corrected chi connectivity index (χ0v) is 9.98. The fourth-order valence-corrected chi connectivity index (χ4v) is 2.23. The second-order valence-electron chi connectivity index (χ2n) is 3.53. The summed E-state index contributed by atoms with van der Waals surface area (Å²) in [6.07, 6.45) is 2.79. The van der Waals surface area contributed by atoms with Gasteiger partial charge in [-0.3, -0.25) is 15.1 Å². The van der Waals surface area contributed by atoms with Gasteiger partial charge in [0.25, 0.3) is 0 Å². The van der Waals surface area contributed by atoms with Crippen molar-refractivity contribution in [3.63, 3.8) is 0 Å². The molecule has 2 aromatic heterocycles. The van der Waals surface area contributed by atoms with Gasteiger partial charge < -0.3 is 5.32 Å². The van der Waals surface area contributed by atoms with Crippen LogP contribution in [0.5, 0.6) is 0 Å². The average molecular weight is 249 g/mol. The highest BCUT2D eigenvalue weighted by atomic mass is 32.1. The van der Waals surface area contributed by atoms with E-state index in [0.717, 1.165) is 4.88 Å². The van der Waals surface area contributed by atoms with Crippen LogP contribution < -0.4 is 5.32 Å². The molecule has 2 heterocycles. The molecule has 2 aromatic rings. The minimum atomic E-state index is -0.434. The van der Waals surface area contributed by atoms with Gasteiger partial charge in [0, 0.05) is 11.1 Å². The quantitative estimate of drug-likeness (QED) is 0.667. The molecule has 0 saturated heterocycles. The zero-order chi connectivity index (χ0) is 12.3. The van der Waals surface area contributed by atoms with Gasteiger partial charge in [0.15, 0.2) is 0 Å². The monoisotopic (exact) mass is 249 g/mol. The van der Waals surface area contributed by atoms with Gasteiger partial charge in [-0.05, 0) is 24.4 Å². The first-order valence-electron chi connectivity index (χ1n) is 5.07. The molecule has 0 radical (unpaired) electrons. The molecule has 0 aliphatic heterocycles. The van der Waals surface area contributed by atoms with E-state index >= 15 is 0 Å². The van der Waals surface area contributed by atoms with Crippen molar-refractivity contribution in [1.82, 2.24) is 4.98 Å². The van der Waals surface area contributed by atoms with E-state index < -0.39 is 4.92 Å². The molecule has 0 aliphatic rings. The second-order valence-corrected chi connectivity index (χ2v) is 4.51.